The van der Waals surface area contributed by atoms with Gasteiger partial charge in [-0.05, 0) is 36.8 Å². The molecule has 0 radical (unpaired) electrons. The minimum Gasteiger partial charge on any atom is -0.323 e. The second-order valence-corrected chi connectivity index (χ2v) is 6.87. The number of hydrogen-bond acceptors (Lipinski definition) is 2. The first-order valence-electron chi connectivity index (χ1n) is 6.09. The number of hydrogen-bond donors (Lipinski definition) is 0. The van der Waals surface area contributed by atoms with E-state index >= 15 is 0 Å². The van der Waals surface area contributed by atoms with Crippen molar-refractivity contribution in [3.63, 3.8) is 0 Å². The number of halogens is 2. The van der Waals surface area contributed by atoms with Crippen molar-refractivity contribution in [3.05, 3.63) is 28.5 Å². The van der Waals surface area contributed by atoms with Gasteiger partial charge in [0, 0.05) is 16.3 Å². The summed E-state index contributed by atoms with van der Waals surface area (Å²) in [7, 11) is 0. The quantitative estimate of drug-likeness (QED) is 0.740. The molecule has 0 spiro atoms. The first-order chi connectivity index (χ1) is 8.79. The van der Waals surface area contributed by atoms with Crippen molar-refractivity contribution in [1.29, 1.82) is 0 Å². The van der Waals surface area contributed by atoms with E-state index in [9.17, 15) is 0 Å². The lowest BCUT2D eigenvalue weighted by Crippen LogP contribution is -2.17. The van der Waals surface area contributed by atoms with E-state index in [1.165, 1.54) is 29.9 Å². The highest BCUT2D eigenvalue weighted by Crippen LogP contribution is 2.32. The Kier molecular flexibility index (Phi) is 3.87. The van der Waals surface area contributed by atoms with Gasteiger partial charge in [0.15, 0.2) is 0 Å². The first-order valence-corrected chi connectivity index (χ1v) is 8.58. The third-order valence-electron chi connectivity index (χ3n) is 3.35. The summed E-state index contributed by atoms with van der Waals surface area (Å²) in [6, 6.07) is 6.83. The highest BCUT2D eigenvalue weighted by Gasteiger charge is 2.21. The van der Waals surface area contributed by atoms with E-state index in [0.29, 0.717) is 11.9 Å². The molecule has 0 bridgehead atoms. The largest absolute Gasteiger partial charge is 0.323 e. The molecule has 0 aliphatic carbocycles. The lowest BCUT2D eigenvalue weighted by atomic mass is 10.1. The van der Waals surface area contributed by atoms with E-state index < -0.39 is 0 Å². The van der Waals surface area contributed by atoms with Crippen LogP contribution in [0.1, 0.15) is 24.7 Å². The summed E-state index contributed by atoms with van der Waals surface area (Å²) in [6.07, 6.45) is 2.52. The van der Waals surface area contributed by atoms with Gasteiger partial charge in [-0.3, -0.25) is 0 Å². The van der Waals surface area contributed by atoms with Crippen LogP contribution in [0, 0.1) is 0 Å². The second kappa shape index (κ2) is 5.43. The van der Waals surface area contributed by atoms with Crippen LogP contribution in [0.15, 0.2) is 22.7 Å². The van der Waals surface area contributed by atoms with Crippen molar-refractivity contribution >= 4 is 50.3 Å². The maximum absolute atomic E-state index is 6.06. The lowest BCUT2D eigenvalue weighted by Gasteiger charge is -2.24. The molecule has 0 amide bonds. The summed E-state index contributed by atoms with van der Waals surface area (Å²) in [4.78, 5) is 4.66. The Morgan fingerprint density at radius 1 is 1.50 bits per heavy atom. The Hall–Kier alpha value is -0.190. The molecule has 1 aromatic heterocycles. The van der Waals surface area contributed by atoms with Crippen LogP contribution in [-0.4, -0.2) is 21.1 Å². The van der Waals surface area contributed by atoms with Gasteiger partial charge < -0.3 is 4.57 Å². The third kappa shape index (κ3) is 2.30. The molecule has 18 heavy (non-hydrogen) atoms. The van der Waals surface area contributed by atoms with Gasteiger partial charge in [0.2, 0.25) is 0 Å². The van der Waals surface area contributed by atoms with Crippen LogP contribution in [0.5, 0.6) is 0 Å². The summed E-state index contributed by atoms with van der Waals surface area (Å²) in [5.74, 6) is 3.93. The molecule has 2 nitrogen and oxygen atoms in total. The minimum atomic E-state index is 0.480. The van der Waals surface area contributed by atoms with Crippen molar-refractivity contribution in [1.82, 2.24) is 9.55 Å². The van der Waals surface area contributed by atoms with E-state index in [1.54, 1.807) is 0 Å². The number of nitrogens with zero attached hydrogens (tertiary/aromatic N) is 2. The molecule has 3 rings (SSSR count). The molecule has 2 heterocycles. The fourth-order valence-electron chi connectivity index (χ4n) is 2.55. The Bertz CT molecular complexity index is 563. The number of imidazole rings is 1. The predicted octanol–water partition coefficient (Wildman–Crippen LogP) is 4.61. The van der Waals surface area contributed by atoms with Gasteiger partial charge in [0.1, 0.15) is 5.82 Å². The number of benzene rings is 1. The minimum absolute atomic E-state index is 0.480. The van der Waals surface area contributed by atoms with E-state index in [-0.39, 0.29) is 0 Å². The molecule has 1 aliphatic rings. The van der Waals surface area contributed by atoms with Gasteiger partial charge >= 0.3 is 0 Å². The topological polar surface area (TPSA) is 17.8 Å². The number of fused-ring (bicyclic) bond motifs is 1. The third-order valence-corrected chi connectivity index (χ3v) is 5.28. The monoisotopic (exact) mass is 344 g/mol. The molecule has 2 aromatic rings. The molecule has 1 aliphatic heterocycles. The number of alkyl halides is 1. The Morgan fingerprint density at radius 2 is 2.39 bits per heavy atom. The van der Waals surface area contributed by atoms with E-state index in [2.05, 4.69) is 43.7 Å². The number of rotatable bonds is 2. The summed E-state index contributed by atoms with van der Waals surface area (Å²) in [5.41, 5.74) is 2.25. The van der Waals surface area contributed by atoms with E-state index in [0.717, 1.165) is 15.8 Å². The molecule has 1 aromatic carbocycles. The van der Waals surface area contributed by atoms with Crippen LogP contribution in [0.2, 0.25) is 0 Å². The summed E-state index contributed by atoms with van der Waals surface area (Å²) in [6.45, 7) is 0. The Balaban J connectivity index is 2.12. The average Bonchev–Trinajstić information content (AvgIpc) is 2.77. The van der Waals surface area contributed by atoms with Gasteiger partial charge in [0.05, 0.1) is 16.9 Å². The molecule has 0 N–H and O–H groups in total. The maximum atomic E-state index is 6.06. The first kappa shape index (κ1) is 12.8. The van der Waals surface area contributed by atoms with Crippen molar-refractivity contribution in [2.75, 3.05) is 11.5 Å². The smallest absolute Gasteiger partial charge is 0.125 e. The summed E-state index contributed by atoms with van der Waals surface area (Å²) in [5, 5.41) is 0. The van der Waals surface area contributed by atoms with Crippen LogP contribution in [0.3, 0.4) is 0 Å². The zero-order chi connectivity index (χ0) is 12.5. The highest BCUT2D eigenvalue weighted by atomic mass is 79.9. The molecular formula is C13H14BrClN2S. The van der Waals surface area contributed by atoms with E-state index in [1.807, 2.05) is 11.8 Å². The molecular weight excluding hydrogens is 332 g/mol. The van der Waals surface area contributed by atoms with Gasteiger partial charge in [0.25, 0.3) is 0 Å². The van der Waals surface area contributed by atoms with Crippen molar-refractivity contribution in [3.8, 4) is 0 Å². The van der Waals surface area contributed by atoms with Crippen molar-refractivity contribution in [2.45, 2.75) is 24.8 Å². The standard InChI is InChI=1S/C13H14BrClN2S/c14-9-3-4-12-11(6-9)16-13(7-15)17(12)10-2-1-5-18-8-10/h3-4,6,10H,1-2,5,7-8H2. The van der Waals surface area contributed by atoms with Crippen LogP contribution < -0.4 is 0 Å². The second-order valence-electron chi connectivity index (χ2n) is 4.54. The molecule has 1 atom stereocenters. The summed E-state index contributed by atoms with van der Waals surface area (Å²) < 4.78 is 3.42. The van der Waals surface area contributed by atoms with Crippen LogP contribution >= 0.6 is 39.3 Å². The van der Waals surface area contributed by atoms with Crippen molar-refractivity contribution in [2.24, 2.45) is 0 Å². The van der Waals surface area contributed by atoms with Crippen LogP contribution in [-0.2, 0) is 5.88 Å². The van der Waals surface area contributed by atoms with Crippen LogP contribution in [0.4, 0.5) is 0 Å². The highest BCUT2D eigenvalue weighted by molar-refractivity contribution is 9.10. The SMILES string of the molecule is ClCc1nc2cc(Br)ccc2n1C1CCCSC1. The molecule has 0 saturated carbocycles. The normalized spacial score (nSPS) is 20.4. The van der Waals surface area contributed by atoms with Gasteiger partial charge in [-0.2, -0.15) is 11.8 Å². The average molecular weight is 346 g/mol. The molecule has 1 unspecified atom stereocenters. The van der Waals surface area contributed by atoms with Gasteiger partial charge in [-0.1, -0.05) is 15.9 Å². The van der Waals surface area contributed by atoms with E-state index in [4.69, 9.17) is 11.6 Å². The van der Waals surface area contributed by atoms with Crippen LogP contribution in [0.25, 0.3) is 11.0 Å². The Morgan fingerprint density at radius 3 is 3.11 bits per heavy atom. The molecule has 1 saturated heterocycles. The van der Waals surface area contributed by atoms with Gasteiger partial charge in [-0.25, -0.2) is 4.98 Å². The zero-order valence-corrected chi connectivity index (χ0v) is 13.1. The molecule has 96 valence electrons. The zero-order valence-electron chi connectivity index (χ0n) is 9.90. The lowest BCUT2D eigenvalue weighted by molar-refractivity contribution is 0.499. The molecule has 5 heteroatoms. The molecule has 1 fully saturated rings. The predicted molar refractivity (Wildman–Crippen MR) is 82.6 cm³/mol. The fraction of sp³-hybridized carbons (Fsp3) is 0.462. The number of thioether (sulfide) groups is 1. The van der Waals surface area contributed by atoms with Gasteiger partial charge in [-0.15, -0.1) is 11.6 Å². The maximum Gasteiger partial charge on any atom is 0.125 e. The van der Waals surface area contributed by atoms with Crippen molar-refractivity contribution < 1.29 is 0 Å². The number of aromatic nitrogens is 2. The fourth-order valence-corrected chi connectivity index (χ4v) is 4.21. The Labute approximate surface area is 124 Å². The summed E-state index contributed by atoms with van der Waals surface area (Å²) >= 11 is 11.6.